The molecule has 0 radical (unpaired) electrons. The molecule has 9 heteroatoms. The number of hydrogen-bond acceptors (Lipinski definition) is 4. The lowest BCUT2D eigenvalue weighted by Crippen LogP contribution is -2.39. The van der Waals surface area contributed by atoms with Crippen LogP contribution in [0.25, 0.3) is 0 Å². The van der Waals surface area contributed by atoms with Crippen molar-refractivity contribution in [1.29, 1.82) is 0 Å². The van der Waals surface area contributed by atoms with Crippen LogP contribution in [0.5, 0.6) is 5.75 Å². The maximum atomic E-state index is 13.7. The molecular formula is C21H26F3N3O3. The number of aliphatic imine (C=N–C) groups is 1. The molecule has 0 aliphatic carbocycles. The van der Waals surface area contributed by atoms with Crippen molar-refractivity contribution in [2.24, 2.45) is 4.99 Å². The van der Waals surface area contributed by atoms with E-state index in [1.807, 2.05) is 6.92 Å². The van der Waals surface area contributed by atoms with Crippen LogP contribution >= 0.6 is 0 Å². The molecule has 6 nitrogen and oxygen atoms in total. The molecule has 3 N–H and O–H groups in total. The van der Waals surface area contributed by atoms with Crippen molar-refractivity contribution in [3.63, 3.8) is 0 Å². The van der Waals surface area contributed by atoms with E-state index < -0.39 is 12.7 Å². The Kier molecular flexibility index (Phi) is 9.43. The molecule has 1 unspecified atom stereocenters. The minimum atomic E-state index is -2.90. The Hall–Kier alpha value is -2.78. The van der Waals surface area contributed by atoms with Gasteiger partial charge < -0.3 is 25.2 Å². The molecule has 0 aromatic heterocycles. The monoisotopic (exact) mass is 425 g/mol. The summed E-state index contributed by atoms with van der Waals surface area (Å²) in [7, 11) is 1.50. The van der Waals surface area contributed by atoms with Crippen LogP contribution in [0.3, 0.4) is 0 Å². The summed E-state index contributed by atoms with van der Waals surface area (Å²) >= 11 is 0. The molecule has 0 amide bonds. The van der Waals surface area contributed by atoms with Gasteiger partial charge in [-0.05, 0) is 42.3 Å². The number of nitrogens with one attached hydrogen (secondary N) is 2. The number of guanidine groups is 1. The molecule has 0 aliphatic rings. The number of ether oxygens (including phenoxy) is 2. The number of aliphatic hydroxyl groups excluding tert-OH is 1. The van der Waals surface area contributed by atoms with Crippen molar-refractivity contribution < 1.29 is 27.8 Å². The molecule has 0 bridgehead atoms. The Balaban J connectivity index is 1.97. The van der Waals surface area contributed by atoms with Crippen molar-refractivity contribution in [1.82, 2.24) is 10.6 Å². The zero-order valence-corrected chi connectivity index (χ0v) is 16.9. The summed E-state index contributed by atoms with van der Waals surface area (Å²) in [5, 5.41) is 16.4. The van der Waals surface area contributed by atoms with Crippen molar-refractivity contribution in [3.8, 4) is 5.75 Å². The molecule has 1 atom stereocenters. The highest BCUT2D eigenvalue weighted by Crippen LogP contribution is 2.19. The van der Waals surface area contributed by atoms with Gasteiger partial charge in [-0.2, -0.15) is 8.78 Å². The Morgan fingerprint density at radius 2 is 1.87 bits per heavy atom. The van der Waals surface area contributed by atoms with Gasteiger partial charge in [0, 0.05) is 25.8 Å². The third kappa shape index (κ3) is 7.57. The van der Waals surface area contributed by atoms with Crippen molar-refractivity contribution >= 4 is 5.96 Å². The fourth-order valence-corrected chi connectivity index (χ4v) is 2.69. The molecular weight excluding hydrogens is 399 g/mol. The summed E-state index contributed by atoms with van der Waals surface area (Å²) in [5.41, 5.74) is 1.82. The van der Waals surface area contributed by atoms with E-state index in [0.717, 1.165) is 5.56 Å². The molecule has 0 heterocycles. The Bertz CT molecular complexity index is 817. The first-order chi connectivity index (χ1) is 14.4. The first kappa shape index (κ1) is 23.5. The molecule has 164 valence electrons. The van der Waals surface area contributed by atoms with Crippen LogP contribution in [0.2, 0.25) is 0 Å². The van der Waals surface area contributed by atoms with Gasteiger partial charge in [-0.1, -0.05) is 18.2 Å². The Morgan fingerprint density at radius 3 is 2.50 bits per heavy atom. The fraction of sp³-hybridized carbons (Fsp3) is 0.381. The van der Waals surface area contributed by atoms with E-state index in [1.54, 1.807) is 12.1 Å². The Labute approximate surface area is 173 Å². The largest absolute Gasteiger partial charge is 0.435 e. The van der Waals surface area contributed by atoms with Gasteiger partial charge in [-0.15, -0.1) is 0 Å². The SMILES string of the molecule is CCNC(=NCc1ccc(F)c(COC)c1)NCC(O)c1ccc(OC(F)F)cc1. The molecule has 0 saturated heterocycles. The number of rotatable bonds is 10. The van der Waals surface area contributed by atoms with Crippen molar-refractivity contribution in [3.05, 3.63) is 65.0 Å². The number of hydrogen-bond donors (Lipinski definition) is 3. The van der Waals surface area contributed by atoms with Crippen LogP contribution in [0.15, 0.2) is 47.5 Å². The van der Waals surface area contributed by atoms with Gasteiger partial charge in [-0.3, -0.25) is 0 Å². The van der Waals surface area contributed by atoms with Crippen LogP contribution in [-0.4, -0.2) is 37.9 Å². The third-order valence-corrected chi connectivity index (χ3v) is 4.13. The topological polar surface area (TPSA) is 75.1 Å². The Morgan fingerprint density at radius 1 is 1.13 bits per heavy atom. The lowest BCUT2D eigenvalue weighted by molar-refractivity contribution is -0.0498. The molecule has 0 aliphatic heterocycles. The smallest absolute Gasteiger partial charge is 0.387 e. The van der Waals surface area contributed by atoms with E-state index >= 15 is 0 Å². The van der Waals surface area contributed by atoms with Crippen LogP contribution in [-0.2, 0) is 17.9 Å². The van der Waals surface area contributed by atoms with Crippen LogP contribution in [0, 0.1) is 5.82 Å². The molecule has 2 rings (SSSR count). The first-order valence-electron chi connectivity index (χ1n) is 9.44. The van der Waals surface area contributed by atoms with Crippen molar-refractivity contribution in [2.45, 2.75) is 32.8 Å². The fourth-order valence-electron chi connectivity index (χ4n) is 2.69. The summed E-state index contributed by atoms with van der Waals surface area (Å²) < 4.78 is 47.4. The first-order valence-corrected chi connectivity index (χ1v) is 9.44. The zero-order valence-electron chi connectivity index (χ0n) is 16.9. The van der Waals surface area contributed by atoms with E-state index in [4.69, 9.17) is 4.74 Å². The minimum Gasteiger partial charge on any atom is -0.435 e. The second-order valence-electron chi connectivity index (χ2n) is 6.40. The summed E-state index contributed by atoms with van der Waals surface area (Å²) in [5.74, 6) is 0.172. The molecule has 0 fully saturated rings. The van der Waals surface area contributed by atoms with E-state index in [-0.39, 0.29) is 24.7 Å². The second kappa shape index (κ2) is 12.0. The predicted octanol–water partition coefficient (Wildman–Crippen LogP) is 3.36. The highest BCUT2D eigenvalue weighted by atomic mass is 19.3. The van der Waals surface area contributed by atoms with Gasteiger partial charge in [0.15, 0.2) is 5.96 Å². The maximum Gasteiger partial charge on any atom is 0.387 e. The van der Waals surface area contributed by atoms with Crippen LogP contribution < -0.4 is 15.4 Å². The zero-order chi connectivity index (χ0) is 21.9. The van der Waals surface area contributed by atoms with Gasteiger partial charge in [0.25, 0.3) is 0 Å². The second-order valence-corrected chi connectivity index (χ2v) is 6.40. The van der Waals surface area contributed by atoms with E-state index in [0.29, 0.717) is 30.2 Å². The quantitative estimate of drug-likeness (QED) is 0.402. The minimum absolute atomic E-state index is 0.0240. The molecule has 2 aromatic rings. The molecule has 0 spiro atoms. The third-order valence-electron chi connectivity index (χ3n) is 4.13. The van der Waals surface area contributed by atoms with Gasteiger partial charge in [0.1, 0.15) is 11.6 Å². The number of methoxy groups -OCH3 is 1. The lowest BCUT2D eigenvalue weighted by Gasteiger charge is -2.16. The van der Waals surface area contributed by atoms with Gasteiger partial charge in [-0.25, -0.2) is 9.38 Å². The van der Waals surface area contributed by atoms with E-state index in [1.165, 1.54) is 37.4 Å². The number of benzene rings is 2. The summed E-state index contributed by atoms with van der Waals surface area (Å²) in [6.45, 7) is 0.258. The van der Waals surface area contributed by atoms with Crippen LogP contribution in [0.1, 0.15) is 29.7 Å². The number of aliphatic hydroxyl groups is 1. The predicted molar refractivity (Wildman–Crippen MR) is 108 cm³/mol. The van der Waals surface area contributed by atoms with Crippen molar-refractivity contribution in [2.75, 3.05) is 20.2 Å². The summed E-state index contributed by atoms with van der Waals surface area (Å²) in [6.07, 6.45) is -0.881. The van der Waals surface area contributed by atoms with Gasteiger partial charge in [0.2, 0.25) is 0 Å². The maximum absolute atomic E-state index is 13.7. The number of halogens is 3. The van der Waals surface area contributed by atoms with Gasteiger partial charge >= 0.3 is 6.61 Å². The molecule has 30 heavy (non-hydrogen) atoms. The van der Waals surface area contributed by atoms with E-state index in [2.05, 4.69) is 20.4 Å². The lowest BCUT2D eigenvalue weighted by atomic mass is 10.1. The summed E-state index contributed by atoms with van der Waals surface area (Å²) in [6, 6.07) is 10.5. The highest BCUT2D eigenvalue weighted by molar-refractivity contribution is 5.79. The number of nitrogens with zero attached hydrogens (tertiary/aromatic N) is 1. The number of alkyl halides is 2. The normalized spacial score (nSPS) is 12.7. The highest BCUT2D eigenvalue weighted by Gasteiger charge is 2.10. The average molecular weight is 425 g/mol. The molecule has 2 aromatic carbocycles. The molecule has 0 saturated carbocycles. The van der Waals surface area contributed by atoms with E-state index in [9.17, 15) is 18.3 Å². The van der Waals surface area contributed by atoms with Gasteiger partial charge in [0.05, 0.1) is 19.3 Å². The standard InChI is InChI=1S/C21H26F3N3O3/c1-3-25-21(26-11-14-4-9-18(22)16(10-14)13-29-2)27-12-19(28)15-5-7-17(8-6-15)30-20(23)24/h4-10,19-20,28H,3,11-13H2,1-2H3,(H2,25,26,27). The van der Waals surface area contributed by atoms with Crippen LogP contribution in [0.4, 0.5) is 13.2 Å². The average Bonchev–Trinajstić information content (AvgIpc) is 2.72. The summed E-state index contributed by atoms with van der Waals surface area (Å²) in [4.78, 5) is 4.44.